The maximum absolute atomic E-state index is 14.4. The Kier molecular flexibility index (Phi) is 9.43. The Bertz CT molecular complexity index is 1640. The van der Waals surface area contributed by atoms with Crippen molar-refractivity contribution in [3.05, 3.63) is 102 Å². The monoisotopic (exact) mass is 607 g/mol. The number of amides is 1. The zero-order chi connectivity index (χ0) is 31.3. The van der Waals surface area contributed by atoms with Gasteiger partial charge in [0.1, 0.15) is 6.10 Å². The van der Waals surface area contributed by atoms with Gasteiger partial charge in [-0.25, -0.2) is 4.98 Å². The average Bonchev–Trinajstić information content (AvgIpc) is 3.38. The van der Waals surface area contributed by atoms with Crippen molar-refractivity contribution in [2.75, 3.05) is 33.7 Å². The van der Waals surface area contributed by atoms with E-state index in [2.05, 4.69) is 20.1 Å². The molecule has 230 valence electrons. The number of nitrogens with one attached hydrogen (secondary N) is 1. The number of carbonyl (C=O) groups excluding carboxylic acids is 1. The first-order valence-electron chi connectivity index (χ1n) is 14.3. The van der Waals surface area contributed by atoms with Gasteiger partial charge in [0.2, 0.25) is 17.7 Å². The predicted octanol–water partition coefficient (Wildman–Crippen LogP) is 6.50. The van der Waals surface area contributed by atoms with Crippen molar-refractivity contribution in [2.24, 2.45) is 0 Å². The molecular weight excluding hydrogens is 574 g/mol. The third-order valence-electron chi connectivity index (χ3n) is 7.52. The molecule has 44 heavy (non-hydrogen) atoms. The van der Waals surface area contributed by atoms with Crippen LogP contribution >= 0.6 is 0 Å². The van der Waals surface area contributed by atoms with Crippen LogP contribution in [0.1, 0.15) is 36.0 Å². The number of carbonyl (C=O) groups is 1. The van der Waals surface area contributed by atoms with Crippen molar-refractivity contribution >= 4 is 28.0 Å². The highest BCUT2D eigenvalue weighted by Crippen LogP contribution is 2.40. The van der Waals surface area contributed by atoms with Crippen LogP contribution in [0.25, 0.3) is 22.0 Å². The molecule has 0 radical (unpaired) electrons. The van der Waals surface area contributed by atoms with Gasteiger partial charge in [-0.1, -0.05) is 42.5 Å². The molecule has 7 nitrogen and oxygen atoms in total. The Morgan fingerprint density at radius 2 is 1.77 bits per heavy atom. The van der Waals surface area contributed by atoms with Crippen LogP contribution in [0.2, 0.25) is 0 Å². The summed E-state index contributed by atoms with van der Waals surface area (Å²) in [6, 6.07) is 16.5. The van der Waals surface area contributed by atoms with Gasteiger partial charge in [-0.15, -0.1) is 5.10 Å². The van der Waals surface area contributed by atoms with E-state index in [1.165, 1.54) is 17.2 Å². The highest BCUT2D eigenvalue weighted by Gasteiger charge is 2.32. The van der Waals surface area contributed by atoms with E-state index in [9.17, 15) is 22.4 Å². The molecular formula is C33H33F4N5O2. The second-order valence-corrected chi connectivity index (χ2v) is 10.9. The Balaban J connectivity index is 1.40. The molecule has 11 heteroatoms. The number of likely N-dealkylation sites (tertiary alicyclic amines) is 1. The van der Waals surface area contributed by atoms with E-state index in [4.69, 9.17) is 4.74 Å². The van der Waals surface area contributed by atoms with E-state index in [0.29, 0.717) is 40.2 Å². The summed E-state index contributed by atoms with van der Waals surface area (Å²) in [6.45, 7) is 2.26. The average molecular weight is 608 g/mol. The number of H-pyrrole nitrogens is 1. The molecule has 1 saturated heterocycles. The fourth-order valence-electron chi connectivity index (χ4n) is 5.26. The number of hydrogen-bond donors (Lipinski definition) is 1. The number of aromatic nitrogens is 3. The number of hydrogen-bond acceptors (Lipinski definition) is 5. The Morgan fingerprint density at radius 3 is 2.43 bits per heavy atom. The van der Waals surface area contributed by atoms with Gasteiger partial charge in [0.15, 0.2) is 0 Å². The smallest absolute Gasteiger partial charge is 0.393 e. The molecule has 1 amide bonds. The van der Waals surface area contributed by atoms with Gasteiger partial charge in [-0.2, -0.15) is 17.6 Å². The third kappa shape index (κ3) is 7.71. The summed E-state index contributed by atoms with van der Waals surface area (Å²) >= 11 is 0. The van der Waals surface area contributed by atoms with Crippen LogP contribution in [-0.4, -0.2) is 76.9 Å². The number of pyridine rings is 1. The molecule has 1 aliphatic rings. The Hall–Kier alpha value is -4.51. The summed E-state index contributed by atoms with van der Waals surface area (Å²) in [5.41, 5.74) is 2.03. The van der Waals surface area contributed by atoms with Gasteiger partial charge in [0.05, 0.1) is 17.3 Å². The van der Waals surface area contributed by atoms with E-state index in [1.54, 1.807) is 74.8 Å². The van der Waals surface area contributed by atoms with E-state index < -0.39 is 18.5 Å². The van der Waals surface area contributed by atoms with Gasteiger partial charge < -0.3 is 9.64 Å². The van der Waals surface area contributed by atoms with Crippen LogP contribution in [-0.2, 0) is 4.79 Å². The number of halogens is 4. The number of benzene rings is 2. The van der Waals surface area contributed by atoms with E-state index in [-0.39, 0.29) is 23.0 Å². The van der Waals surface area contributed by atoms with Crippen LogP contribution in [0, 0.1) is 5.95 Å². The van der Waals surface area contributed by atoms with Gasteiger partial charge in [-0.05, 0) is 53.3 Å². The van der Waals surface area contributed by atoms with Crippen molar-refractivity contribution in [1.29, 1.82) is 0 Å². The summed E-state index contributed by atoms with van der Waals surface area (Å²) < 4.78 is 62.5. The van der Waals surface area contributed by atoms with Crippen molar-refractivity contribution in [2.45, 2.75) is 31.5 Å². The minimum atomic E-state index is -4.50. The largest absolute Gasteiger partial charge is 0.474 e. The quantitative estimate of drug-likeness (QED) is 0.134. The first-order chi connectivity index (χ1) is 21.1. The molecule has 1 N–H and O–H groups in total. The Morgan fingerprint density at radius 1 is 1.05 bits per heavy atom. The number of likely N-dealkylation sites (N-methyl/N-ethyl adjacent to an activating group) is 1. The molecule has 2 aromatic heterocycles. The molecule has 0 unspecified atom stereocenters. The minimum Gasteiger partial charge on any atom is -0.474 e. The van der Waals surface area contributed by atoms with Gasteiger partial charge in [-0.3, -0.25) is 14.8 Å². The summed E-state index contributed by atoms with van der Waals surface area (Å²) in [4.78, 5) is 20.0. The number of allylic oxidation sites excluding steroid dienone is 1. The first kappa shape index (κ1) is 30.9. The van der Waals surface area contributed by atoms with E-state index in [1.807, 2.05) is 6.08 Å². The third-order valence-corrected chi connectivity index (χ3v) is 7.52. The second kappa shape index (κ2) is 13.4. The lowest BCUT2D eigenvalue weighted by Gasteiger charge is -2.31. The number of rotatable bonds is 9. The predicted molar refractivity (Wildman–Crippen MR) is 161 cm³/mol. The summed E-state index contributed by atoms with van der Waals surface area (Å²) in [6.07, 6.45) is 0.714. The number of ether oxygens (including phenoxy) is 1. The number of aromatic amines is 1. The molecule has 0 spiro atoms. The van der Waals surface area contributed by atoms with Crippen molar-refractivity contribution < 1.29 is 27.1 Å². The molecule has 4 aromatic rings. The van der Waals surface area contributed by atoms with Crippen LogP contribution in [0.15, 0.2) is 79.0 Å². The molecule has 1 fully saturated rings. The second-order valence-electron chi connectivity index (χ2n) is 10.9. The lowest BCUT2D eigenvalue weighted by Crippen LogP contribution is -2.38. The molecule has 0 atom stereocenters. The topological polar surface area (TPSA) is 74.3 Å². The standard InChI is InChI=1S/C33H33F4N5O2/c1-41(2)30(43)9-6-16-42-17-14-25(15-18-42)44-29-13-11-24(21-38-29)31(23-10-12-28-26(19-23)32(34)40-39-28)27(20-33(35,36)37)22-7-4-3-5-8-22/h3-13,19,21,25H,14-18,20H2,1-2H3,(H,39,40)/b9-6+,31-27-. The van der Waals surface area contributed by atoms with Crippen LogP contribution in [0.3, 0.4) is 0 Å². The Labute approximate surface area is 252 Å². The van der Waals surface area contributed by atoms with Crippen molar-refractivity contribution in [1.82, 2.24) is 25.0 Å². The van der Waals surface area contributed by atoms with E-state index >= 15 is 0 Å². The maximum Gasteiger partial charge on any atom is 0.393 e. The zero-order valence-corrected chi connectivity index (χ0v) is 24.4. The van der Waals surface area contributed by atoms with Crippen LogP contribution < -0.4 is 4.74 Å². The molecule has 0 bridgehead atoms. The van der Waals surface area contributed by atoms with Crippen LogP contribution in [0.5, 0.6) is 5.88 Å². The maximum atomic E-state index is 14.4. The van der Waals surface area contributed by atoms with E-state index in [0.717, 1.165) is 25.9 Å². The summed E-state index contributed by atoms with van der Waals surface area (Å²) in [7, 11) is 3.41. The zero-order valence-electron chi connectivity index (χ0n) is 24.4. The van der Waals surface area contributed by atoms with Gasteiger partial charge in [0.25, 0.3) is 0 Å². The number of alkyl halides is 3. The minimum absolute atomic E-state index is 0.0468. The lowest BCUT2D eigenvalue weighted by atomic mass is 9.88. The van der Waals surface area contributed by atoms with Gasteiger partial charge >= 0.3 is 6.18 Å². The fraction of sp³-hybridized carbons (Fsp3) is 0.303. The normalized spacial score (nSPS) is 15.5. The first-order valence-corrected chi connectivity index (χ1v) is 14.3. The molecule has 3 heterocycles. The fourth-order valence-corrected chi connectivity index (χ4v) is 5.26. The highest BCUT2D eigenvalue weighted by atomic mass is 19.4. The summed E-state index contributed by atoms with van der Waals surface area (Å²) in [5.74, 6) is -0.417. The van der Waals surface area contributed by atoms with Crippen LogP contribution in [0.4, 0.5) is 17.6 Å². The van der Waals surface area contributed by atoms with Gasteiger partial charge in [0, 0.05) is 57.6 Å². The lowest BCUT2D eigenvalue weighted by molar-refractivity contribution is -0.124. The highest BCUT2D eigenvalue weighted by molar-refractivity contribution is 6.00. The molecule has 1 aliphatic heterocycles. The molecule has 5 rings (SSSR count). The summed E-state index contributed by atoms with van der Waals surface area (Å²) in [5, 5.41) is 6.36. The number of piperidine rings is 1. The number of fused-ring (bicyclic) bond motifs is 1. The number of nitrogens with zero attached hydrogens (tertiary/aromatic N) is 4. The van der Waals surface area contributed by atoms with Crippen molar-refractivity contribution in [3.8, 4) is 5.88 Å². The van der Waals surface area contributed by atoms with Crippen molar-refractivity contribution in [3.63, 3.8) is 0 Å². The molecule has 0 aliphatic carbocycles. The molecule has 2 aromatic carbocycles. The molecule has 0 saturated carbocycles. The SMILES string of the molecule is CN(C)C(=O)/C=C/CN1CCC(Oc2ccc(/C(=C(/CC(F)(F)F)c3ccccc3)c3ccc4[nH]nc(F)c4c3)cn2)CC1.